The number of nitrogens with one attached hydrogen (secondary N) is 1. The summed E-state index contributed by atoms with van der Waals surface area (Å²) < 4.78 is 44.5. The standard InChI is InChI=1S/C10H14BrFN2O3S/c1-6(17-2)5-14-18(15,16)10-4-9(13)8(12)3-7(10)11/h3-4,6,14H,5,13H2,1-2H3. The summed E-state index contributed by atoms with van der Waals surface area (Å²) in [5, 5.41) is 0. The number of hydrogen-bond donors (Lipinski definition) is 2. The average Bonchev–Trinajstić information content (AvgIpc) is 2.30. The Kier molecular flexibility index (Phi) is 5.09. The monoisotopic (exact) mass is 340 g/mol. The number of nitrogen functional groups attached to an aromatic ring is 1. The van der Waals surface area contributed by atoms with E-state index in [1.54, 1.807) is 6.92 Å². The molecule has 8 heteroatoms. The van der Waals surface area contributed by atoms with Crippen LogP contribution in [0.15, 0.2) is 21.5 Å². The van der Waals surface area contributed by atoms with Crippen molar-refractivity contribution in [1.82, 2.24) is 4.72 Å². The average molecular weight is 341 g/mol. The zero-order valence-electron chi connectivity index (χ0n) is 9.91. The first-order valence-corrected chi connectivity index (χ1v) is 7.32. The Hall–Kier alpha value is -0.700. The van der Waals surface area contributed by atoms with Crippen molar-refractivity contribution in [2.45, 2.75) is 17.9 Å². The molecule has 1 rings (SSSR count). The molecular formula is C10H14BrFN2O3S. The highest BCUT2D eigenvalue weighted by atomic mass is 79.9. The molecule has 1 unspecified atom stereocenters. The third-order valence-electron chi connectivity index (χ3n) is 2.30. The van der Waals surface area contributed by atoms with Gasteiger partial charge in [0.05, 0.1) is 16.7 Å². The number of sulfonamides is 1. The van der Waals surface area contributed by atoms with Gasteiger partial charge in [-0.05, 0) is 35.0 Å². The number of rotatable bonds is 5. The van der Waals surface area contributed by atoms with Gasteiger partial charge in [0, 0.05) is 18.1 Å². The lowest BCUT2D eigenvalue weighted by atomic mass is 10.3. The first-order chi connectivity index (χ1) is 8.27. The van der Waals surface area contributed by atoms with E-state index in [9.17, 15) is 12.8 Å². The van der Waals surface area contributed by atoms with Gasteiger partial charge in [-0.15, -0.1) is 0 Å². The number of anilines is 1. The molecule has 18 heavy (non-hydrogen) atoms. The summed E-state index contributed by atoms with van der Waals surface area (Å²) in [7, 11) is -2.28. The molecule has 1 aromatic carbocycles. The van der Waals surface area contributed by atoms with Crippen molar-refractivity contribution in [2.75, 3.05) is 19.4 Å². The second kappa shape index (κ2) is 5.96. The first kappa shape index (κ1) is 15.4. The summed E-state index contributed by atoms with van der Waals surface area (Å²) in [6.07, 6.45) is -0.267. The van der Waals surface area contributed by atoms with E-state index >= 15 is 0 Å². The summed E-state index contributed by atoms with van der Waals surface area (Å²) >= 11 is 3.00. The second-order valence-electron chi connectivity index (χ2n) is 3.70. The molecule has 0 aliphatic carbocycles. The predicted molar refractivity (Wildman–Crippen MR) is 70.2 cm³/mol. The van der Waals surface area contributed by atoms with Gasteiger partial charge >= 0.3 is 0 Å². The highest BCUT2D eigenvalue weighted by Crippen LogP contribution is 2.26. The smallest absolute Gasteiger partial charge is 0.241 e. The second-order valence-corrected chi connectivity index (χ2v) is 6.29. The van der Waals surface area contributed by atoms with Crippen LogP contribution in [0.5, 0.6) is 0 Å². The molecule has 0 saturated heterocycles. The lowest BCUT2D eigenvalue weighted by Crippen LogP contribution is -2.31. The number of methoxy groups -OCH3 is 1. The van der Waals surface area contributed by atoms with Crippen molar-refractivity contribution in [1.29, 1.82) is 0 Å². The largest absolute Gasteiger partial charge is 0.396 e. The topological polar surface area (TPSA) is 81.4 Å². The fourth-order valence-corrected chi connectivity index (χ4v) is 3.30. The first-order valence-electron chi connectivity index (χ1n) is 5.05. The molecule has 102 valence electrons. The van der Waals surface area contributed by atoms with Gasteiger partial charge in [-0.25, -0.2) is 17.5 Å². The van der Waals surface area contributed by atoms with Crippen LogP contribution in [0.3, 0.4) is 0 Å². The summed E-state index contributed by atoms with van der Waals surface area (Å²) in [4.78, 5) is -0.107. The minimum Gasteiger partial charge on any atom is -0.396 e. The van der Waals surface area contributed by atoms with E-state index in [0.29, 0.717) is 0 Å². The summed E-state index contributed by atoms with van der Waals surface area (Å²) in [5.74, 6) is -0.675. The molecule has 0 saturated carbocycles. The van der Waals surface area contributed by atoms with Crippen molar-refractivity contribution < 1.29 is 17.5 Å². The number of hydrogen-bond acceptors (Lipinski definition) is 4. The molecule has 5 nitrogen and oxygen atoms in total. The Balaban J connectivity index is 3.02. The maximum atomic E-state index is 13.1. The maximum absolute atomic E-state index is 13.1. The molecule has 1 aromatic rings. The van der Waals surface area contributed by atoms with Crippen LogP contribution < -0.4 is 10.5 Å². The molecule has 0 aliphatic heterocycles. The molecule has 0 spiro atoms. The van der Waals surface area contributed by atoms with Gasteiger partial charge in [-0.3, -0.25) is 0 Å². The van der Waals surface area contributed by atoms with E-state index < -0.39 is 15.8 Å². The third-order valence-corrected chi connectivity index (χ3v) is 4.69. The maximum Gasteiger partial charge on any atom is 0.241 e. The molecule has 1 atom stereocenters. The van der Waals surface area contributed by atoms with Gasteiger partial charge in [0.2, 0.25) is 10.0 Å². The van der Waals surface area contributed by atoms with Gasteiger partial charge in [0.25, 0.3) is 0 Å². The SMILES string of the molecule is COC(C)CNS(=O)(=O)c1cc(N)c(F)cc1Br. The van der Waals surface area contributed by atoms with Gasteiger partial charge in [0.1, 0.15) is 5.82 Å². The highest BCUT2D eigenvalue weighted by Gasteiger charge is 2.20. The van der Waals surface area contributed by atoms with Crippen molar-refractivity contribution in [3.05, 3.63) is 22.4 Å². The Bertz CT molecular complexity index is 536. The van der Waals surface area contributed by atoms with Crippen LogP contribution in [0.2, 0.25) is 0 Å². The van der Waals surface area contributed by atoms with Crippen LogP contribution in [0.4, 0.5) is 10.1 Å². The number of nitrogens with two attached hydrogens (primary N) is 1. The van der Waals surface area contributed by atoms with Crippen LogP contribution in [0.25, 0.3) is 0 Å². The summed E-state index contributed by atoms with van der Waals surface area (Å²) in [5.41, 5.74) is 5.13. The van der Waals surface area contributed by atoms with Crippen molar-refractivity contribution in [2.24, 2.45) is 0 Å². The van der Waals surface area contributed by atoms with E-state index in [0.717, 1.165) is 12.1 Å². The van der Waals surface area contributed by atoms with E-state index in [1.807, 2.05) is 0 Å². The van der Waals surface area contributed by atoms with Gasteiger partial charge < -0.3 is 10.5 Å². The molecule has 3 N–H and O–H groups in total. The fourth-order valence-electron chi connectivity index (χ4n) is 1.14. The van der Waals surface area contributed by atoms with Crippen molar-refractivity contribution in [3.63, 3.8) is 0 Å². The molecule has 0 heterocycles. The quantitative estimate of drug-likeness (QED) is 0.795. The molecule has 0 aliphatic rings. The minimum absolute atomic E-state index is 0.107. The molecule has 0 bridgehead atoms. The van der Waals surface area contributed by atoms with E-state index in [2.05, 4.69) is 20.7 Å². The molecular weight excluding hydrogens is 327 g/mol. The minimum atomic E-state index is -3.76. The fraction of sp³-hybridized carbons (Fsp3) is 0.400. The predicted octanol–water partition coefficient (Wildman–Crippen LogP) is 1.48. The Morgan fingerprint density at radius 3 is 2.72 bits per heavy atom. The van der Waals surface area contributed by atoms with Crippen LogP contribution >= 0.6 is 15.9 Å². The normalized spacial score (nSPS) is 13.6. The van der Waals surface area contributed by atoms with Crippen LogP contribution in [-0.4, -0.2) is 28.2 Å². The number of benzene rings is 1. The zero-order valence-corrected chi connectivity index (χ0v) is 12.3. The summed E-state index contributed by atoms with van der Waals surface area (Å²) in [6.45, 7) is 1.83. The van der Waals surface area contributed by atoms with Crippen LogP contribution in [0.1, 0.15) is 6.92 Å². The van der Waals surface area contributed by atoms with E-state index in [1.165, 1.54) is 7.11 Å². The Labute approximate surface area is 114 Å². The number of halogens is 2. The molecule has 0 fully saturated rings. The van der Waals surface area contributed by atoms with Gasteiger partial charge in [-0.2, -0.15) is 0 Å². The van der Waals surface area contributed by atoms with Gasteiger partial charge in [0.15, 0.2) is 0 Å². The Morgan fingerprint density at radius 2 is 2.17 bits per heavy atom. The molecule has 0 radical (unpaired) electrons. The van der Waals surface area contributed by atoms with Crippen LogP contribution in [0, 0.1) is 5.82 Å². The third kappa shape index (κ3) is 3.64. The summed E-state index contributed by atoms with van der Waals surface area (Å²) in [6, 6.07) is 2.09. The molecule has 0 amide bonds. The van der Waals surface area contributed by atoms with Crippen molar-refractivity contribution >= 4 is 31.6 Å². The van der Waals surface area contributed by atoms with Crippen molar-refractivity contribution in [3.8, 4) is 0 Å². The van der Waals surface area contributed by atoms with E-state index in [4.69, 9.17) is 10.5 Å². The zero-order chi connectivity index (χ0) is 13.9. The Morgan fingerprint density at radius 1 is 1.56 bits per heavy atom. The highest BCUT2D eigenvalue weighted by molar-refractivity contribution is 9.10. The van der Waals surface area contributed by atoms with E-state index in [-0.39, 0.29) is 27.7 Å². The number of ether oxygens (including phenoxy) is 1. The van der Waals surface area contributed by atoms with Crippen LogP contribution in [-0.2, 0) is 14.8 Å². The lowest BCUT2D eigenvalue weighted by Gasteiger charge is -2.13. The molecule has 0 aromatic heterocycles. The van der Waals surface area contributed by atoms with Gasteiger partial charge in [-0.1, -0.05) is 0 Å². The lowest BCUT2D eigenvalue weighted by molar-refractivity contribution is 0.122.